The van der Waals surface area contributed by atoms with E-state index >= 15 is 0 Å². The molecule has 2 aromatic rings. The van der Waals surface area contributed by atoms with Gasteiger partial charge >= 0.3 is 0 Å². The van der Waals surface area contributed by atoms with Gasteiger partial charge in [0.25, 0.3) is 5.69 Å². The van der Waals surface area contributed by atoms with Crippen LogP contribution < -0.4 is 5.32 Å². The molecule has 0 unspecified atom stereocenters. The van der Waals surface area contributed by atoms with Gasteiger partial charge in [0, 0.05) is 44.1 Å². The van der Waals surface area contributed by atoms with Crippen LogP contribution in [0.25, 0.3) is 0 Å². The molecule has 0 spiro atoms. The summed E-state index contributed by atoms with van der Waals surface area (Å²) in [5, 5.41) is 18.1. The second-order valence-corrected chi connectivity index (χ2v) is 4.64. The molecule has 1 N–H and O–H groups in total. The lowest BCUT2D eigenvalue weighted by atomic mass is 10.2. The van der Waals surface area contributed by atoms with Crippen LogP contribution in [0.5, 0.6) is 0 Å². The maximum atomic E-state index is 10.6. The van der Waals surface area contributed by atoms with Crippen molar-refractivity contribution in [1.82, 2.24) is 15.1 Å². The van der Waals surface area contributed by atoms with E-state index in [-0.39, 0.29) is 5.69 Å². The van der Waals surface area contributed by atoms with Crippen LogP contribution in [0.2, 0.25) is 0 Å². The summed E-state index contributed by atoms with van der Waals surface area (Å²) < 4.78 is 6.77. The first kappa shape index (κ1) is 15.1. The fraction of sp³-hybridized carbons (Fsp3) is 0.357. The normalized spacial score (nSPS) is 10.7. The minimum absolute atomic E-state index is 0.0993. The van der Waals surface area contributed by atoms with Crippen LogP contribution in [0, 0.1) is 10.1 Å². The quantitative estimate of drug-likeness (QED) is 0.453. The predicted octanol–water partition coefficient (Wildman–Crippen LogP) is 1.58. The Morgan fingerprint density at radius 3 is 2.76 bits per heavy atom. The zero-order valence-corrected chi connectivity index (χ0v) is 11.9. The molecule has 0 aliphatic rings. The van der Waals surface area contributed by atoms with Gasteiger partial charge in [0.1, 0.15) is 0 Å². The van der Waals surface area contributed by atoms with E-state index in [0.29, 0.717) is 13.2 Å². The summed E-state index contributed by atoms with van der Waals surface area (Å²) in [5.41, 5.74) is 2.16. The van der Waals surface area contributed by atoms with Crippen molar-refractivity contribution in [2.24, 2.45) is 0 Å². The Morgan fingerprint density at radius 2 is 2.10 bits per heavy atom. The number of ether oxygens (including phenoxy) is 1. The van der Waals surface area contributed by atoms with E-state index in [4.69, 9.17) is 4.74 Å². The maximum absolute atomic E-state index is 10.6. The van der Waals surface area contributed by atoms with Gasteiger partial charge in [0.05, 0.1) is 24.3 Å². The first-order valence-electron chi connectivity index (χ1n) is 6.63. The van der Waals surface area contributed by atoms with Crippen molar-refractivity contribution in [2.75, 3.05) is 20.3 Å². The zero-order chi connectivity index (χ0) is 15.1. The molecule has 0 atom stereocenters. The third-order valence-corrected chi connectivity index (χ3v) is 2.99. The first-order chi connectivity index (χ1) is 10.2. The van der Waals surface area contributed by atoms with Crippen molar-refractivity contribution in [3.63, 3.8) is 0 Å². The topological polar surface area (TPSA) is 82.2 Å². The molecule has 0 amide bonds. The minimum Gasteiger partial charge on any atom is -0.383 e. The number of non-ortho nitro benzene ring substituents is 1. The summed E-state index contributed by atoms with van der Waals surface area (Å²) >= 11 is 0. The number of rotatable bonds is 8. The minimum atomic E-state index is -0.401. The van der Waals surface area contributed by atoms with E-state index < -0.39 is 4.92 Å². The number of benzene rings is 1. The monoisotopic (exact) mass is 290 g/mol. The molecule has 0 saturated heterocycles. The van der Waals surface area contributed by atoms with Crippen molar-refractivity contribution >= 4 is 5.69 Å². The molecule has 0 fully saturated rings. The van der Waals surface area contributed by atoms with Gasteiger partial charge in [0.2, 0.25) is 0 Å². The van der Waals surface area contributed by atoms with Crippen LogP contribution >= 0.6 is 0 Å². The average molecular weight is 290 g/mol. The molecule has 112 valence electrons. The highest BCUT2D eigenvalue weighted by molar-refractivity contribution is 5.32. The summed E-state index contributed by atoms with van der Waals surface area (Å²) in [5.74, 6) is 0. The fourth-order valence-corrected chi connectivity index (χ4v) is 1.90. The Bertz CT molecular complexity index is 580. The number of methoxy groups -OCH3 is 1. The van der Waals surface area contributed by atoms with Gasteiger partial charge in [-0.25, -0.2) is 0 Å². The molecule has 0 saturated carbocycles. The van der Waals surface area contributed by atoms with Gasteiger partial charge in [-0.15, -0.1) is 0 Å². The third-order valence-electron chi connectivity index (χ3n) is 2.99. The Balaban J connectivity index is 1.88. The second-order valence-electron chi connectivity index (χ2n) is 4.64. The van der Waals surface area contributed by atoms with Crippen LogP contribution in [0.15, 0.2) is 36.7 Å². The molecule has 0 bridgehead atoms. The number of aromatic nitrogens is 2. The second kappa shape index (κ2) is 7.51. The Hall–Kier alpha value is -2.25. The SMILES string of the molecule is COCCNCc1cnn(Cc2ccc([N+](=O)[O-])cc2)c1. The van der Waals surface area contributed by atoms with E-state index in [1.165, 1.54) is 12.1 Å². The molecule has 1 aromatic heterocycles. The molecule has 1 aromatic carbocycles. The lowest BCUT2D eigenvalue weighted by Gasteiger charge is -2.02. The van der Waals surface area contributed by atoms with Gasteiger partial charge in [-0.3, -0.25) is 14.8 Å². The summed E-state index contributed by atoms with van der Waals surface area (Å²) in [6, 6.07) is 6.50. The average Bonchev–Trinajstić information content (AvgIpc) is 2.92. The largest absolute Gasteiger partial charge is 0.383 e. The first-order valence-corrected chi connectivity index (χ1v) is 6.63. The molecular formula is C14H18N4O3. The smallest absolute Gasteiger partial charge is 0.269 e. The zero-order valence-electron chi connectivity index (χ0n) is 11.9. The van der Waals surface area contributed by atoms with Crippen molar-refractivity contribution < 1.29 is 9.66 Å². The van der Waals surface area contributed by atoms with Gasteiger partial charge in [-0.05, 0) is 5.56 Å². The van der Waals surface area contributed by atoms with Gasteiger partial charge < -0.3 is 10.1 Å². The Labute approximate surface area is 122 Å². The number of nitrogens with zero attached hydrogens (tertiary/aromatic N) is 3. The lowest BCUT2D eigenvalue weighted by molar-refractivity contribution is -0.384. The van der Waals surface area contributed by atoms with E-state index in [1.54, 1.807) is 19.2 Å². The van der Waals surface area contributed by atoms with Crippen LogP contribution in [0.4, 0.5) is 5.69 Å². The van der Waals surface area contributed by atoms with Crippen molar-refractivity contribution in [3.8, 4) is 0 Å². The highest BCUT2D eigenvalue weighted by Crippen LogP contribution is 2.12. The van der Waals surface area contributed by atoms with Crippen LogP contribution in [-0.4, -0.2) is 35.0 Å². The molecule has 1 heterocycles. The maximum Gasteiger partial charge on any atom is 0.269 e. The van der Waals surface area contributed by atoms with Gasteiger partial charge in [-0.2, -0.15) is 5.10 Å². The summed E-state index contributed by atoms with van der Waals surface area (Å²) in [6.07, 6.45) is 3.77. The van der Waals surface area contributed by atoms with Crippen LogP contribution in [0.1, 0.15) is 11.1 Å². The summed E-state index contributed by atoms with van der Waals surface area (Å²) in [4.78, 5) is 10.2. The van der Waals surface area contributed by atoms with Gasteiger partial charge in [-0.1, -0.05) is 12.1 Å². The van der Waals surface area contributed by atoms with Crippen molar-refractivity contribution in [2.45, 2.75) is 13.1 Å². The Morgan fingerprint density at radius 1 is 1.33 bits per heavy atom. The highest BCUT2D eigenvalue weighted by Gasteiger charge is 2.05. The van der Waals surface area contributed by atoms with Crippen molar-refractivity contribution in [1.29, 1.82) is 0 Å². The molecule has 7 heteroatoms. The van der Waals surface area contributed by atoms with Crippen molar-refractivity contribution in [3.05, 3.63) is 57.9 Å². The van der Waals surface area contributed by atoms with E-state index in [2.05, 4.69) is 10.4 Å². The summed E-state index contributed by atoms with van der Waals surface area (Å²) in [6.45, 7) is 2.81. The molecule has 2 rings (SSSR count). The number of nitro groups is 1. The molecule has 0 aliphatic carbocycles. The number of hydrogen-bond donors (Lipinski definition) is 1. The number of nitrogens with one attached hydrogen (secondary N) is 1. The lowest BCUT2D eigenvalue weighted by Crippen LogP contribution is -2.18. The van der Waals surface area contributed by atoms with E-state index in [1.807, 2.05) is 17.1 Å². The molecule has 0 aliphatic heterocycles. The third kappa shape index (κ3) is 4.66. The summed E-state index contributed by atoms with van der Waals surface area (Å²) in [7, 11) is 1.67. The predicted molar refractivity (Wildman–Crippen MR) is 78.0 cm³/mol. The fourth-order valence-electron chi connectivity index (χ4n) is 1.90. The number of hydrogen-bond acceptors (Lipinski definition) is 5. The van der Waals surface area contributed by atoms with Crippen LogP contribution in [-0.2, 0) is 17.8 Å². The highest BCUT2D eigenvalue weighted by atomic mass is 16.6. The van der Waals surface area contributed by atoms with E-state index in [9.17, 15) is 10.1 Å². The molecule has 21 heavy (non-hydrogen) atoms. The molecule has 0 radical (unpaired) electrons. The van der Waals surface area contributed by atoms with Crippen LogP contribution in [0.3, 0.4) is 0 Å². The molecular weight excluding hydrogens is 272 g/mol. The Kier molecular flexibility index (Phi) is 5.42. The standard InChI is InChI=1S/C14H18N4O3/c1-21-7-6-15-8-13-9-16-17(11-13)10-12-2-4-14(5-3-12)18(19)20/h2-5,9,11,15H,6-8,10H2,1H3. The number of nitro benzene ring substituents is 1. The molecule has 7 nitrogen and oxygen atoms in total. The van der Waals surface area contributed by atoms with E-state index in [0.717, 1.165) is 24.2 Å². The van der Waals surface area contributed by atoms with Gasteiger partial charge in [0.15, 0.2) is 0 Å².